The highest BCUT2D eigenvalue weighted by molar-refractivity contribution is 7.47. The van der Waals surface area contributed by atoms with Crippen molar-refractivity contribution in [3.05, 3.63) is 48.6 Å². The first-order chi connectivity index (χ1) is 30.4. The van der Waals surface area contributed by atoms with Gasteiger partial charge in [-0.25, -0.2) is 4.57 Å². The van der Waals surface area contributed by atoms with E-state index in [0.717, 1.165) is 77.0 Å². The summed E-state index contributed by atoms with van der Waals surface area (Å²) in [7, 11) is -5.13. The van der Waals surface area contributed by atoms with Gasteiger partial charge >= 0.3 is 19.8 Å². The number of unbranched alkanes of at least 4 members (excludes halogenated alkanes) is 20. The average molecular weight is 915 g/mol. The quantitative estimate of drug-likeness (QED) is 0.0147. The number of aliphatic hydroxyl groups is 5. The van der Waals surface area contributed by atoms with Crippen LogP contribution in [0.15, 0.2) is 48.6 Å². The van der Waals surface area contributed by atoms with Crippen molar-refractivity contribution in [1.29, 1.82) is 0 Å². The Labute approximate surface area is 380 Å². The third-order valence-electron chi connectivity index (χ3n) is 11.2. The van der Waals surface area contributed by atoms with Crippen molar-refractivity contribution in [3.8, 4) is 0 Å². The number of hydrogen-bond acceptors (Lipinski definition) is 12. The fourth-order valence-corrected chi connectivity index (χ4v) is 8.25. The summed E-state index contributed by atoms with van der Waals surface area (Å²) in [5, 5.41) is 50.2. The van der Waals surface area contributed by atoms with E-state index in [-0.39, 0.29) is 12.8 Å². The molecule has 0 amide bonds. The average Bonchev–Trinajstić information content (AvgIpc) is 3.26. The SMILES string of the molecule is CC/C=C\C/C=C\C/C=C\C/C=C\CCCCCCC(=O)OC[C@H](COP(=O)(O)OC1[C@H](O)[C@H](O)C(O)[C@H](O)[C@H]1O)OC(=O)CCCCCCCCCCCCCCCCCCC. The van der Waals surface area contributed by atoms with Gasteiger partial charge in [-0.15, -0.1) is 0 Å². The van der Waals surface area contributed by atoms with Gasteiger partial charge in [0.25, 0.3) is 0 Å². The Morgan fingerprint density at radius 1 is 0.508 bits per heavy atom. The fourth-order valence-electron chi connectivity index (χ4n) is 7.28. The summed E-state index contributed by atoms with van der Waals surface area (Å²) >= 11 is 0. The molecule has 1 rings (SSSR count). The van der Waals surface area contributed by atoms with Crippen molar-refractivity contribution < 1.29 is 63.1 Å². The Morgan fingerprint density at radius 2 is 0.905 bits per heavy atom. The molecule has 0 aliphatic heterocycles. The van der Waals surface area contributed by atoms with Crippen molar-refractivity contribution in [3.63, 3.8) is 0 Å². The lowest BCUT2D eigenvalue weighted by Crippen LogP contribution is -2.64. The third-order valence-corrected chi connectivity index (χ3v) is 12.2. The molecule has 0 heterocycles. The summed E-state index contributed by atoms with van der Waals surface area (Å²) in [6, 6.07) is 0. The van der Waals surface area contributed by atoms with Crippen molar-refractivity contribution in [2.45, 2.75) is 236 Å². The highest BCUT2D eigenvalue weighted by atomic mass is 31.2. The Morgan fingerprint density at radius 3 is 1.38 bits per heavy atom. The van der Waals surface area contributed by atoms with Gasteiger partial charge in [-0.3, -0.25) is 18.6 Å². The van der Waals surface area contributed by atoms with E-state index in [4.69, 9.17) is 18.5 Å². The number of carbonyl (C=O) groups excluding carboxylic acids is 2. The third kappa shape index (κ3) is 31.4. The smallest absolute Gasteiger partial charge is 0.462 e. The van der Waals surface area contributed by atoms with Gasteiger partial charge in [-0.1, -0.05) is 178 Å². The minimum Gasteiger partial charge on any atom is -0.462 e. The Kier molecular flexibility index (Phi) is 36.4. The molecule has 3 unspecified atom stereocenters. The first-order valence-corrected chi connectivity index (χ1v) is 25.9. The number of esters is 2. The molecule has 0 spiro atoms. The van der Waals surface area contributed by atoms with E-state index in [1.807, 2.05) is 0 Å². The zero-order valence-corrected chi connectivity index (χ0v) is 39.8. The lowest BCUT2D eigenvalue weighted by Gasteiger charge is -2.41. The number of rotatable bonds is 40. The zero-order valence-electron chi connectivity index (χ0n) is 38.9. The molecular formula is C49H87O13P. The first-order valence-electron chi connectivity index (χ1n) is 24.4. The summed E-state index contributed by atoms with van der Waals surface area (Å²) in [6.45, 7) is 3.18. The summed E-state index contributed by atoms with van der Waals surface area (Å²) in [5.41, 5.74) is 0. The molecule has 1 aliphatic carbocycles. The van der Waals surface area contributed by atoms with Crippen LogP contribution in [0, 0.1) is 0 Å². The molecule has 0 aromatic carbocycles. The van der Waals surface area contributed by atoms with E-state index in [0.29, 0.717) is 12.8 Å². The second-order valence-corrected chi connectivity index (χ2v) is 18.3. The van der Waals surface area contributed by atoms with Crippen LogP contribution in [0.3, 0.4) is 0 Å². The summed E-state index contributed by atoms with van der Waals surface area (Å²) in [5.74, 6) is -1.12. The Bertz CT molecular complexity index is 1290. The summed E-state index contributed by atoms with van der Waals surface area (Å²) < 4.78 is 33.6. The molecule has 0 saturated heterocycles. The number of phosphoric ester groups is 1. The predicted octanol–water partition coefficient (Wildman–Crippen LogP) is 9.95. The van der Waals surface area contributed by atoms with Crippen molar-refractivity contribution in [1.82, 2.24) is 0 Å². The van der Waals surface area contributed by atoms with E-state index in [2.05, 4.69) is 62.5 Å². The number of phosphoric acid groups is 1. The molecule has 366 valence electrons. The highest BCUT2D eigenvalue weighted by Crippen LogP contribution is 2.47. The standard InChI is InChI=1S/C49H87O13P/c1-3-5-7-9-11-13-15-17-19-21-23-25-27-29-31-33-35-37-42(50)59-39-41(40-60-63(57,58)62-49-47(55)45(53)44(52)46(54)48(49)56)61-43(51)38-36-34-32-30-28-26-24-22-20-18-16-14-12-10-8-6-4-2/h5,7,11,13,17,19,23,25,41,44-49,52-56H,3-4,6,8-10,12,14-16,18,20-22,24,26-40H2,1-2H3,(H,57,58)/b7-5-,13-11-,19-17-,25-23-/t41-,44?,45-,46+,47-,48-,49?/m1/s1. The molecule has 6 N–H and O–H groups in total. The molecule has 1 saturated carbocycles. The summed E-state index contributed by atoms with van der Waals surface area (Å²) in [6.07, 6.45) is 33.0. The molecular weight excluding hydrogens is 827 g/mol. The van der Waals surface area contributed by atoms with E-state index < -0.39 is 75.7 Å². The molecule has 13 nitrogen and oxygen atoms in total. The minimum absolute atomic E-state index is 0.0931. The maximum absolute atomic E-state index is 12.8. The van der Waals surface area contributed by atoms with Crippen LogP contribution in [-0.2, 0) is 32.7 Å². The molecule has 1 aliphatic rings. The molecule has 8 atom stereocenters. The normalized spacial score (nSPS) is 22.1. The van der Waals surface area contributed by atoms with Crippen LogP contribution >= 0.6 is 7.82 Å². The van der Waals surface area contributed by atoms with Crippen molar-refractivity contribution >= 4 is 19.8 Å². The number of ether oxygens (including phenoxy) is 2. The topological polar surface area (TPSA) is 210 Å². The van der Waals surface area contributed by atoms with Gasteiger partial charge in [0, 0.05) is 12.8 Å². The van der Waals surface area contributed by atoms with Gasteiger partial charge in [0.15, 0.2) is 6.10 Å². The van der Waals surface area contributed by atoms with E-state index in [9.17, 15) is 44.6 Å². The van der Waals surface area contributed by atoms with Crippen LogP contribution in [0.4, 0.5) is 0 Å². The molecule has 14 heteroatoms. The lowest BCUT2D eigenvalue weighted by atomic mass is 9.85. The van der Waals surface area contributed by atoms with E-state index in [1.54, 1.807) is 0 Å². The molecule has 0 bridgehead atoms. The number of hydrogen-bond donors (Lipinski definition) is 6. The van der Waals surface area contributed by atoms with E-state index in [1.165, 1.54) is 77.0 Å². The van der Waals surface area contributed by atoms with Crippen LogP contribution < -0.4 is 0 Å². The van der Waals surface area contributed by atoms with Crippen LogP contribution in [0.5, 0.6) is 0 Å². The van der Waals surface area contributed by atoms with Crippen LogP contribution in [-0.4, -0.2) is 98.3 Å². The molecule has 63 heavy (non-hydrogen) atoms. The van der Waals surface area contributed by atoms with Gasteiger partial charge in [0.1, 0.15) is 43.2 Å². The van der Waals surface area contributed by atoms with Gasteiger partial charge in [-0.05, 0) is 51.4 Å². The van der Waals surface area contributed by atoms with Gasteiger partial charge in [-0.2, -0.15) is 0 Å². The predicted molar refractivity (Wildman–Crippen MR) is 249 cm³/mol. The monoisotopic (exact) mass is 915 g/mol. The van der Waals surface area contributed by atoms with Crippen LogP contribution in [0.2, 0.25) is 0 Å². The second-order valence-electron chi connectivity index (χ2n) is 16.9. The molecule has 0 aromatic heterocycles. The molecule has 0 aromatic rings. The highest BCUT2D eigenvalue weighted by Gasteiger charge is 2.51. The van der Waals surface area contributed by atoms with Crippen LogP contribution in [0.25, 0.3) is 0 Å². The maximum atomic E-state index is 12.8. The number of aliphatic hydroxyl groups excluding tert-OH is 5. The minimum atomic E-state index is -5.13. The van der Waals surface area contributed by atoms with Gasteiger partial charge in [0.05, 0.1) is 6.61 Å². The lowest BCUT2D eigenvalue weighted by molar-refractivity contribution is -0.220. The number of carbonyl (C=O) groups is 2. The van der Waals surface area contributed by atoms with Crippen LogP contribution in [0.1, 0.15) is 194 Å². The van der Waals surface area contributed by atoms with Crippen molar-refractivity contribution in [2.75, 3.05) is 13.2 Å². The first kappa shape index (κ1) is 58.8. The second kappa shape index (κ2) is 39.0. The van der Waals surface area contributed by atoms with E-state index >= 15 is 0 Å². The Hall–Kier alpha value is -2.19. The fraction of sp³-hybridized carbons (Fsp3) is 0.796. The summed E-state index contributed by atoms with van der Waals surface area (Å²) in [4.78, 5) is 35.8. The largest absolute Gasteiger partial charge is 0.472 e. The Balaban J connectivity index is 2.44. The maximum Gasteiger partial charge on any atom is 0.472 e. The molecule has 1 fully saturated rings. The molecule has 0 radical (unpaired) electrons. The van der Waals surface area contributed by atoms with Gasteiger partial charge in [0.2, 0.25) is 0 Å². The van der Waals surface area contributed by atoms with Crippen molar-refractivity contribution in [2.24, 2.45) is 0 Å². The van der Waals surface area contributed by atoms with Gasteiger partial charge < -0.3 is 39.9 Å². The zero-order chi connectivity index (χ0) is 46.4. The number of allylic oxidation sites excluding steroid dienone is 8.